The molecule has 0 bridgehead atoms. The molecule has 0 saturated heterocycles. The Kier molecular flexibility index (Phi) is 5.96. The number of anilines is 1. The number of hydrogen-bond donors (Lipinski definition) is 1. The Morgan fingerprint density at radius 1 is 1.04 bits per heavy atom. The molecule has 0 aliphatic rings. The number of benzene rings is 2. The number of hydrogen-bond acceptors (Lipinski definition) is 4. The van der Waals surface area contributed by atoms with E-state index in [9.17, 15) is 4.79 Å². The van der Waals surface area contributed by atoms with Crippen molar-refractivity contribution < 1.29 is 18.7 Å². The highest BCUT2D eigenvalue weighted by Gasteiger charge is 2.12. The van der Waals surface area contributed by atoms with Crippen LogP contribution in [0.25, 0.3) is 0 Å². The van der Waals surface area contributed by atoms with Crippen LogP contribution in [-0.4, -0.2) is 12.5 Å². The zero-order valence-corrected chi connectivity index (χ0v) is 15.8. The van der Waals surface area contributed by atoms with Crippen LogP contribution in [0, 0.1) is 0 Å². The van der Waals surface area contributed by atoms with Crippen LogP contribution in [0.2, 0.25) is 0 Å². The summed E-state index contributed by atoms with van der Waals surface area (Å²) in [5, 5.41) is 2.79. The van der Waals surface area contributed by atoms with E-state index in [1.165, 1.54) is 0 Å². The van der Waals surface area contributed by atoms with Crippen LogP contribution in [0.15, 0.2) is 69.6 Å². The highest BCUT2D eigenvalue weighted by Crippen LogP contribution is 2.25. The fraction of sp³-hybridized carbons (Fsp3) is 0.150. The second kappa shape index (κ2) is 8.58. The van der Waals surface area contributed by atoms with Crippen molar-refractivity contribution in [3.8, 4) is 11.5 Å². The van der Waals surface area contributed by atoms with Gasteiger partial charge in [-0.15, -0.1) is 0 Å². The number of carbonyl (C=O) groups excluding carboxylic acids is 1. The second-order valence-electron chi connectivity index (χ2n) is 5.40. The van der Waals surface area contributed by atoms with Gasteiger partial charge < -0.3 is 19.2 Å². The molecule has 3 aromatic rings. The van der Waals surface area contributed by atoms with E-state index < -0.39 is 0 Å². The van der Waals surface area contributed by atoms with Crippen molar-refractivity contribution in [2.45, 2.75) is 13.5 Å². The average molecular weight is 416 g/mol. The number of amides is 1. The summed E-state index contributed by atoms with van der Waals surface area (Å²) in [5.41, 5.74) is 0.667. The molecule has 1 aromatic heterocycles. The third-order valence-corrected chi connectivity index (χ3v) is 4.17. The lowest BCUT2D eigenvalue weighted by atomic mass is 10.3. The van der Waals surface area contributed by atoms with Gasteiger partial charge in [0.05, 0.1) is 11.1 Å². The molecular formula is C20H18BrNO4. The molecule has 3 rings (SSSR count). The van der Waals surface area contributed by atoms with E-state index in [2.05, 4.69) is 21.2 Å². The Labute approximate surface area is 160 Å². The molecule has 0 aliphatic carbocycles. The Hall–Kier alpha value is -2.73. The van der Waals surface area contributed by atoms with Crippen LogP contribution in [-0.2, 0) is 6.61 Å². The minimum atomic E-state index is -0.318. The summed E-state index contributed by atoms with van der Waals surface area (Å²) in [4.78, 5) is 12.3. The van der Waals surface area contributed by atoms with Gasteiger partial charge in [0.25, 0.3) is 5.91 Å². The molecule has 1 heterocycles. The molecule has 6 heteroatoms. The summed E-state index contributed by atoms with van der Waals surface area (Å²) in [5.74, 6) is 1.95. The Morgan fingerprint density at radius 3 is 2.54 bits per heavy atom. The van der Waals surface area contributed by atoms with Crippen molar-refractivity contribution >= 4 is 27.5 Å². The maximum Gasteiger partial charge on any atom is 0.291 e. The first-order valence-corrected chi connectivity index (χ1v) is 8.95. The number of carbonyl (C=O) groups is 1. The molecule has 0 radical (unpaired) electrons. The molecule has 0 aliphatic heterocycles. The summed E-state index contributed by atoms with van der Waals surface area (Å²) >= 11 is 3.42. The molecule has 0 saturated carbocycles. The fourth-order valence-corrected chi connectivity index (χ4v) is 2.68. The second-order valence-corrected chi connectivity index (χ2v) is 6.25. The number of furan rings is 1. The van der Waals surface area contributed by atoms with E-state index in [-0.39, 0.29) is 18.3 Å². The van der Waals surface area contributed by atoms with E-state index >= 15 is 0 Å². The van der Waals surface area contributed by atoms with E-state index in [1.54, 1.807) is 36.4 Å². The minimum Gasteiger partial charge on any atom is -0.494 e. The fourth-order valence-electron chi connectivity index (χ4n) is 2.28. The molecule has 0 spiro atoms. The minimum absolute atomic E-state index is 0.226. The largest absolute Gasteiger partial charge is 0.494 e. The average Bonchev–Trinajstić information content (AvgIpc) is 3.12. The molecule has 5 nitrogen and oxygen atoms in total. The van der Waals surface area contributed by atoms with Crippen molar-refractivity contribution in [2.75, 3.05) is 11.9 Å². The molecule has 1 amide bonds. The molecule has 0 fully saturated rings. The van der Waals surface area contributed by atoms with Crippen LogP contribution in [0.3, 0.4) is 0 Å². The Bertz CT molecular complexity index is 874. The van der Waals surface area contributed by atoms with E-state index in [4.69, 9.17) is 13.9 Å². The molecule has 1 N–H and O–H groups in total. The SMILES string of the molecule is CCOc1ccc(NC(=O)c2ccc(COc3ccccc3Br)o2)cc1. The molecular weight excluding hydrogens is 398 g/mol. The van der Waals surface area contributed by atoms with E-state index in [1.807, 2.05) is 31.2 Å². The van der Waals surface area contributed by atoms with Crippen LogP contribution in [0.5, 0.6) is 11.5 Å². The van der Waals surface area contributed by atoms with Gasteiger partial charge in [0.15, 0.2) is 5.76 Å². The lowest BCUT2D eigenvalue weighted by Gasteiger charge is -2.06. The number of ether oxygens (including phenoxy) is 2. The van der Waals surface area contributed by atoms with Crippen molar-refractivity contribution in [1.82, 2.24) is 0 Å². The first kappa shape index (κ1) is 18.1. The Balaban J connectivity index is 1.58. The maximum atomic E-state index is 12.3. The van der Waals surface area contributed by atoms with Gasteiger partial charge in [0.1, 0.15) is 23.9 Å². The van der Waals surface area contributed by atoms with Crippen molar-refractivity contribution in [2.24, 2.45) is 0 Å². The predicted octanol–water partition coefficient (Wildman–Crippen LogP) is 5.27. The predicted molar refractivity (Wildman–Crippen MR) is 103 cm³/mol. The summed E-state index contributed by atoms with van der Waals surface area (Å²) in [7, 11) is 0. The van der Waals surface area contributed by atoms with Crippen LogP contribution in [0.4, 0.5) is 5.69 Å². The summed E-state index contributed by atoms with van der Waals surface area (Å²) in [6.07, 6.45) is 0. The highest BCUT2D eigenvalue weighted by molar-refractivity contribution is 9.10. The third kappa shape index (κ3) is 4.67. The van der Waals surface area contributed by atoms with Crippen LogP contribution >= 0.6 is 15.9 Å². The summed E-state index contributed by atoms with van der Waals surface area (Å²) in [6.45, 7) is 2.76. The zero-order valence-electron chi connectivity index (χ0n) is 14.2. The van der Waals surface area contributed by atoms with E-state index in [0.717, 1.165) is 10.2 Å². The smallest absolute Gasteiger partial charge is 0.291 e. The lowest BCUT2D eigenvalue weighted by molar-refractivity contribution is 0.0992. The number of rotatable bonds is 7. The van der Waals surface area contributed by atoms with Gasteiger partial charge in [-0.3, -0.25) is 4.79 Å². The van der Waals surface area contributed by atoms with Gasteiger partial charge in [0, 0.05) is 5.69 Å². The van der Waals surface area contributed by atoms with Crippen LogP contribution in [0.1, 0.15) is 23.2 Å². The first-order valence-electron chi connectivity index (χ1n) is 8.16. The standard InChI is InChI=1S/C20H18BrNO4/c1-2-24-15-9-7-14(8-10-15)22-20(23)19-12-11-16(26-19)13-25-18-6-4-3-5-17(18)21/h3-12H,2,13H2,1H3,(H,22,23). The van der Waals surface area contributed by atoms with Gasteiger partial charge >= 0.3 is 0 Å². The topological polar surface area (TPSA) is 60.7 Å². The Morgan fingerprint density at radius 2 is 1.81 bits per heavy atom. The van der Waals surface area contributed by atoms with Gasteiger partial charge in [-0.1, -0.05) is 12.1 Å². The number of halogens is 1. The molecule has 2 aromatic carbocycles. The normalized spacial score (nSPS) is 10.4. The molecule has 26 heavy (non-hydrogen) atoms. The van der Waals surface area contributed by atoms with Crippen molar-refractivity contribution in [3.63, 3.8) is 0 Å². The highest BCUT2D eigenvalue weighted by atomic mass is 79.9. The molecule has 134 valence electrons. The molecule has 0 atom stereocenters. The maximum absolute atomic E-state index is 12.3. The quantitative estimate of drug-likeness (QED) is 0.570. The van der Waals surface area contributed by atoms with Gasteiger partial charge in [-0.25, -0.2) is 0 Å². The van der Waals surface area contributed by atoms with Gasteiger partial charge in [-0.2, -0.15) is 0 Å². The number of para-hydroxylation sites is 1. The van der Waals surface area contributed by atoms with Crippen molar-refractivity contribution in [3.05, 3.63) is 76.7 Å². The van der Waals surface area contributed by atoms with Gasteiger partial charge in [0.2, 0.25) is 0 Å². The van der Waals surface area contributed by atoms with Gasteiger partial charge in [-0.05, 0) is 71.4 Å². The summed E-state index contributed by atoms with van der Waals surface area (Å²) in [6, 6.07) is 18.1. The van der Waals surface area contributed by atoms with E-state index in [0.29, 0.717) is 23.8 Å². The first-order chi connectivity index (χ1) is 12.7. The number of nitrogens with one attached hydrogen (secondary N) is 1. The zero-order chi connectivity index (χ0) is 18.4. The van der Waals surface area contributed by atoms with Crippen LogP contribution < -0.4 is 14.8 Å². The lowest BCUT2D eigenvalue weighted by Crippen LogP contribution is -2.10. The third-order valence-electron chi connectivity index (χ3n) is 3.52. The van der Waals surface area contributed by atoms with Crippen molar-refractivity contribution in [1.29, 1.82) is 0 Å². The summed E-state index contributed by atoms with van der Waals surface area (Å²) < 4.78 is 17.5. The monoisotopic (exact) mass is 415 g/mol. The molecule has 0 unspecified atom stereocenters.